The predicted molar refractivity (Wildman–Crippen MR) is 63.0 cm³/mol. The first-order chi connectivity index (χ1) is 7.78. The molecule has 0 atom stereocenters. The highest BCUT2D eigenvalue weighted by atomic mass is 16.6. The fraction of sp³-hybridized carbons (Fsp3) is 0.583. The maximum Gasteiger partial charge on any atom is 0.357 e. The van der Waals surface area contributed by atoms with Gasteiger partial charge in [-0.2, -0.15) is 4.98 Å². The third-order valence-electron chi connectivity index (χ3n) is 1.58. The van der Waals surface area contributed by atoms with Gasteiger partial charge < -0.3 is 9.47 Å². The molecule has 0 saturated heterocycles. The second-order valence-electron chi connectivity index (χ2n) is 4.89. The Morgan fingerprint density at radius 1 is 1.35 bits per heavy atom. The summed E-state index contributed by atoms with van der Waals surface area (Å²) < 4.78 is 10.5. The van der Waals surface area contributed by atoms with Crippen LogP contribution in [0.1, 0.15) is 45.1 Å². The number of rotatable bonds is 3. The van der Waals surface area contributed by atoms with E-state index in [9.17, 15) is 4.79 Å². The number of hydrogen-bond donors (Lipinski definition) is 0. The predicted octanol–water partition coefficient (Wildman–Crippen LogP) is 2.22. The van der Waals surface area contributed by atoms with Crippen molar-refractivity contribution in [1.82, 2.24) is 9.97 Å². The van der Waals surface area contributed by atoms with E-state index in [1.165, 1.54) is 12.3 Å². The Morgan fingerprint density at radius 3 is 2.53 bits per heavy atom. The molecule has 0 fully saturated rings. The van der Waals surface area contributed by atoms with Gasteiger partial charge in [0, 0.05) is 6.20 Å². The molecule has 0 saturated carbocycles. The molecule has 0 amide bonds. The molecule has 1 rings (SSSR count). The smallest absolute Gasteiger partial charge is 0.357 e. The van der Waals surface area contributed by atoms with E-state index in [-0.39, 0.29) is 17.8 Å². The van der Waals surface area contributed by atoms with E-state index < -0.39 is 11.6 Å². The fourth-order valence-corrected chi connectivity index (χ4v) is 1.05. The van der Waals surface area contributed by atoms with Gasteiger partial charge in [0.2, 0.25) is 0 Å². The van der Waals surface area contributed by atoms with Gasteiger partial charge in [-0.15, -0.1) is 0 Å². The topological polar surface area (TPSA) is 61.3 Å². The molecule has 0 aliphatic carbocycles. The van der Waals surface area contributed by atoms with Crippen LogP contribution >= 0.6 is 0 Å². The highest BCUT2D eigenvalue weighted by molar-refractivity contribution is 5.87. The highest BCUT2D eigenvalue weighted by Crippen LogP contribution is 2.12. The van der Waals surface area contributed by atoms with E-state index in [2.05, 4.69) is 9.97 Å². The summed E-state index contributed by atoms with van der Waals surface area (Å²) in [4.78, 5) is 19.6. The number of hydrogen-bond acceptors (Lipinski definition) is 5. The molecule has 0 N–H and O–H groups in total. The van der Waals surface area contributed by atoms with Crippen LogP contribution in [0.15, 0.2) is 12.3 Å². The van der Waals surface area contributed by atoms with Gasteiger partial charge in [-0.05, 0) is 40.7 Å². The Balaban J connectivity index is 2.81. The lowest BCUT2D eigenvalue weighted by Gasteiger charge is -2.19. The zero-order valence-corrected chi connectivity index (χ0v) is 10.9. The summed E-state index contributed by atoms with van der Waals surface area (Å²) in [5.74, 6) is -0.478. The molecule has 5 heteroatoms. The molecule has 0 radical (unpaired) electrons. The number of aromatic nitrogens is 2. The Bertz CT molecular complexity index is 397. The van der Waals surface area contributed by atoms with Crippen LogP contribution < -0.4 is 4.74 Å². The third kappa shape index (κ3) is 4.80. The molecule has 1 heterocycles. The molecule has 17 heavy (non-hydrogen) atoms. The van der Waals surface area contributed by atoms with Crippen molar-refractivity contribution in [2.45, 2.75) is 46.3 Å². The minimum atomic E-state index is -0.541. The van der Waals surface area contributed by atoms with Gasteiger partial charge in [0.15, 0.2) is 5.69 Å². The monoisotopic (exact) mass is 238 g/mol. The molecule has 0 aromatic carbocycles. The van der Waals surface area contributed by atoms with Gasteiger partial charge in [-0.1, -0.05) is 0 Å². The Morgan fingerprint density at radius 2 is 2.00 bits per heavy atom. The zero-order chi connectivity index (χ0) is 13.1. The molecule has 0 spiro atoms. The summed E-state index contributed by atoms with van der Waals surface area (Å²) in [6.07, 6.45) is 1.44. The lowest BCUT2D eigenvalue weighted by atomic mass is 10.2. The van der Waals surface area contributed by atoms with Crippen LogP contribution in [0, 0.1) is 0 Å². The summed E-state index contributed by atoms with van der Waals surface area (Å²) in [6, 6.07) is 1.68. The second kappa shape index (κ2) is 5.12. The van der Waals surface area contributed by atoms with Gasteiger partial charge in [0.25, 0.3) is 0 Å². The standard InChI is InChI=1S/C12H18N2O3/c1-8(2)16-11-13-7-6-9(14-11)10(15)17-12(3,4)5/h6-8H,1-5H3. The first-order valence-electron chi connectivity index (χ1n) is 5.51. The normalized spacial score (nSPS) is 11.4. The molecular weight excluding hydrogens is 220 g/mol. The van der Waals surface area contributed by atoms with E-state index >= 15 is 0 Å². The first-order valence-corrected chi connectivity index (χ1v) is 5.51. The maximum atomic E-state index is 11.7. The zero-order valence-electron chi connectivity index (χ0n) is 10.9. The molecule has 5 nitrogen and oxygen atoms in total. The molecular formula is C12H18N2O3. The van der Waals surface area contributed by atoms with Crippen molar-refractivity contribution < 1.29 is 14.3 Å². The molecule has 0 bridgehead atoms. The molecule has 0 unspecified atom stereocenters. The summed E-state index contributed by atoms with van der Waals surface area (Å²) in [5.41, 5.74) is -0.341. The average Bonchev–Trinajstić information content (AvgIpc) is 2.14. The largest absolute Gasteiger partial charge is 0.461 e. The Labute approximate surface area is 101 Å². The number of carbonyl (C=O) groups excluding carboxylic acids is 1. The molecule has 1 aromatic heterocycles. The maximum absolute atomic E-state index is 11.7. The minimum Gasteiger partial charge on any atom is -0.461 e. The van der Waals surface area contributed by atoms with Gasteiger partial charge in [0.05, 0.1) is 6.10 Å². The third-order valence-corrected chi connectivity index (χ3v) is 1.58. The number of ether oxygens (including phenoxy) is 2. The van der Waals surface area contributed by atoms with Gasteiger partial charge in [-0.3, -0.25) is 0 Å². The van der Waals surface area contributed by atoms with Crippen LogP contribution in [-0.2, 0) is 4.74 Å². The van der Waals surface area contributed by atoms with Crippen molar-refractivity contribution in [2.75, 3.05) is 0 Å². The van der Waals surface area contributed by atoms with Crippen molar-refractivity contribution in [3.63, 3.8) is 0 Å². The molecule has 0 aliphatic rings. The summed E-state index contributed by atoms with van der Waals surface area (Å²) in [6.45, 7) is 9.14. The van der Waals surface area contributed by atoms with Crippen molar-refractivity contribution in [3.05, 3.63) is 18.0 Å². The van der Waals surface area contributed by atoms with E-state index in [0.717, 1.165) is 0 Å². The fourth-order valence-electron chi connectivity index (χ4n) is 1.05. The van der Waals surface area contributed by atoms with E-state index in [4.69, 9.17) is 9.47 Å². The summed E-state index contributed by atoms with van der Waals surface area (Å²) in [7, 11) is 0. The van der Waals surface area contributed by atoms with Crippen LogP contribution in [0.25, 0.3) is 0 Å². The van der Waals surface area contributed by atoms with Gasteiger partial charge in [0.1, 0.15) is 5.60 Å². The number of nitrogens with zero attached hydrogens (tertiary/aromatic N) is 2. The lowest BCUT2D eigenvalue weighted by Crippen LogP contribution is -2.24. The Kier molecular flexibility index (Phi) is 4.04. The van der Waals surface area contributed by atoms with Crippen LogP contribution in [0.5, 0.6) is 6.01 Å². The number of carbonyl (C=O) groups is 1. The molecule has 94 valence electrons. The van der Waals surface area contributed by atoms with Crippen molar-refractivity contribution in [3.8, 4) is 6.01 Å². The molecule has 1 aromatic rings. The van der Waals surface area contributed by atoms with E-state index in [1.807, 2.05) is 13.8 Å². The van der Waals surface area contributed by atoms with Gasteiger partial charge in [-0.25, -0.2) is 9.78 Å². The summed E-state index contributed by atoms with van der Waals surface area (Å²) >= 11 is 0. The van der Waals surface area contributed by atoms with Crippen LogP contribution in [-0.4, -0.2) is 27.6 Å². The van der Waals surface area contributed by atoms with E-state index in [0.29, 0.717) is 0 Å². The van der Waals surface area contributed by atoms with Crippen molar-refractivity contribution in [2.24, 2.45) is 0 Å². The van der Waals surface area contributed by atoms with Crippen LogP contribution in [0.4, 0.5) is 0 Å². The molecule has 0 aliphatic heterocycles. The van der Waals surface area contributed by atoms with Crippen LogP contribution in [0.2, 0.25) is 0 Å². The highest BCUT2D eigenvalue weighted by Gasteiger charge is 2.19. The first kappa shape index (κ1) is 13.4. The minimum absolute atomic E-state index is 0.0381. The average molecular weight is 238 g/mol. The van der Waals surface area contributed by atoms with Crippen molar-refractivity contribution in [1.29, 1.82) is 0 Å². The second-order valence-corrected chi connectivity index (χ2v) is 4.89. The van der Waals surface area contributed by atoms with Crippen molar-refractivity contribution >= 4 is 5.97 Å². The lowest BCUT2D eigenvalue weighted by molar-refractivity contribution is 0.00609. The SMILES string of the molecule is CC(C)Oc1nccc(C(=O)OC(C)(C)C)n1. The van der Waals surface area contributed by atoms with Gasteiger partial charge >= 0.3 is 12.0 Å². The number of esters is 1. The van der Waals surface area contributed by atoms with E-state index in [1.54, 1.807) is 20.8 Å². The summed E-state index contributed by atoms with van der Waals surface area (Å²) in [5, 5.41) is 0. The Hall–Kier alpha value is -1.65. The quantitative estimate of drug-likeness (QED) is 0.755. The van der Waals surface area contributed by atoms with Crippen LogP contribution in [0.3, 0.4) is 0 Å².